The van der Waals surface area contributed by atoms with Gasteiger partial charge in [-0.1, -0.05) is 52.7 Å². The SMILES string of the molecule is Cc1cccc(CC(Br)C23CC4CC(CC(C)(C4)C2)C3)c1. The molecule has 0 spiro atoms. The van der Waals surface area contributed by atoms with E-state index in [0.717, 1.165) is 11.8 Å². The van der Waals surface area contributed by atoms with Crippen LogP contribution in [0.1, 0.15) is 56.6 Å². The highest BCUT2D eigenvalue weighted by Gasteiger charge is 2.57. The zero-order valence-corrected chi connectivity index (χ0v) is 15.0. The van der Waals surface area contributed by atoms with Gasteiger partial charge in [0.1, 0.15) is 0 Å². The van der Waals surface area contributed by atoms with Gasteiger partial charge in [0.15, 0.2) is 0 Å². The van der Waals surface area contributed by atoms with Crippen LogP contribution in [0.4, 0.5) is 0 Å². The molecular weight excluding hydrogens is 320 g/mol. The fourth-order valence-corrected chi connectivity index (χ4v) is 7.34. The molecule has 3 atom stereocenters. The lowest BCUT2D eigenvalue weighted by molar-refractivity contribution is -0.101. The Balaban J connectivity index is 1.57. The number of aryl methyl sites for hydroxylation is 1. The summed E-state index contributed by atoms with van der Waals surface area (Å²) in [5.41, 5.74) is 4.15. The van der Waals surface area contributed by atoms with Crippen LogP contribution in [-0.2, 0) is 6.42 Å². The first-order chi connectivity index (χ1) is 9.96. The first kappa shape index (κ1) is 14.3. The van der Waals surface area contributed by atoms with Crippen molar-refractivity contribution in [3.8, 4) is 0 Å². The van der Waals surface area contributed by atoms with E-state index >= 15 is 0 Å². The summed E-state index contributed by atoms with van der Waals surface area (Å²) >= 11 is 4.15. The number of halogens is 1. The zero-order valence-electron chi connectivity index (χ0n) is 13.4. The van der Waals surface area contributed by atoms with Gasteiger partial charge in [-0.05, 0) is 80.1 Å². The highest BCUT2D eigenvalue weighted by Crippen LogP contribution is 2.67. The summed E-state index contributed by atoms with van der Waals surface area (Å²) in [4.78, 5) is 0.664. The Kier molecular flexibility index (Phi) is 3.30. The van der Waals surface area contributed by atoms with Crippen molar-refractivity contribution in [3.05, 3.63) is 35.4 Å². The van der Waals surface area contributed by atoms with Crippen LogP contribution in [0.25, 0.3) is 0 Å². The van der Waals surface area contributed by atoms with Gasteiger partial charge in [0.25, 0.3) is 0 Å². The molecule has 0 nitrogen and oxygen atoms in total. The largest absolute Gasteiger partial charge is 0.0881 e. The normalized spacial score (nSPS) is 42.2. The van der Waals surface area contributed by atoms with Gasteiger partial charge in [0.05, 0.1) is 0 Å². The summed E-state index contributed by atoms with van der Waals surface area (Å²) in [6.07, 6.45) is 10.2. The number of alkyl halides is 1. The molecule has 114 valence electrons. The van der Waals surface area contributed by atoms with E-state index in [9.17, 15) is 0 Å². The van der Waals surface area contributed by atoms with E-state index in [4.69, 9.17) is 0 Å². The molecule has 5 rings (SSSR count). The van der Waals surface area contributed by atoms with E-state index in [2.05, 4.69) is 54.0 Å². The number of rotatable bonds is 3. The first-order valence-corrected chi connectivity index (χ1v) is 9.58. The Labute approximate surface area is 137 Å². The molecule has 4 fully saturated rings. The van der Waals surface area contributed by atoms with Crippen LogP contribution in [0.5, 0.6) is 0 Å². The summed E-state index contributed by atoms with van der Waals surface area (Å²) in [7, 11) is 0. The molecule has 4 bridgehead atoms. The third-order valence-corrected chi connectivity index (χ3v) is 7.86. The van der Waals surface area contributed by atoms with Crippen molar-refractivity contribution in [3.63, 3.8) is 0 Å². The molecular formula is C20H27Br. The van der Waals surface area contributed by atoms with Gasteiger partial charge in [-0.15, -0.1) is 0 Å². The Hall–Kier alpha value is -0.300. The van der Waals surface area contributed by atoms with Crippen LogP contribution in [-0.4, -0.2) is 4.83 Å². The fraction of sp³-hybridized carbons (Fsp3) is 0.700. The molecule has 0 radical (unpaired) electrons. The van der Waals surface area contributed by atoms with Crippen molar-refractivity contribution in [2.24, 2.45) is 22.7 Å². The molecule has 4 aliphatic carbocycles. The smallest absolute Gasteiger partial charge is 0.0242 e. The minimum absolute atomic E-state index is 0.586. The van der Waals surface area contributed by atoms with Crippen molar-refractivity contribution in [1.29, 1.82) is 0 Å². The van der Waals surface area contributed by atoms with Crippen molar-refractivity contribution < 1.29 is 0 Å². The van der Waals surface area contributed by atoms with Gasteiger partial charge in [-0.25, -0.2) is 0 Å². The Morgan fingerprint density at radius 1 is 1.19 bits per heavy atom. The standard InChI is InChI=1S/C20H27Br/c1-14-4-3-5-15(6-14)8-18(21)20-11-16-7-17(12-20)10-19(2,9-16)13-20/h3-6,16-18H,7-13H2,1-2H3. The van der Waals surface area contributed by atoms with Gasteiger partial charge >= 0.3 is 0 Å². The third-order valence-electron chi connectivity index (χ3n) is 6.56. The van der Waals surface area contributed by atoms with Gasteiger partial charge in [0, 0.05) is 4.83 Å². The highest BCUT2D eigenvalue weighted by atomic mass is 79.9. The molecule has 0 N–H and O–H groups in total. The second kappa shape index (κ2) is 4.85. The summed E-state index contributed by atoms with van der Waals surface area (Å²) in [6.45, 7) is 4.78. The van der Waals surface area contributed by atoms with Crippen molar-refractivity contribution in [1.82, 2.24) is 0 Å². The Morgan fingerprint density at radius 3 is 2.52 bits per heavy atom. The second-order valence-electron chi connectivity index (χ2n) is 8.79. The quantitative estimate of drug-likeness (QED) is 0.597. The molecule has 1 aromatic carbocycles. The van der Waals surface area contributed by atoms with Crippen molar-refractivity contribution >= 4 is 15.9 Å². The summed E-state index contributed by atoms with van der Waals surface area (Å²) in [6, 6.07) is 9.10. The predicted molar refractivity (Wildman–Crippen MR) is 92.8 cm³/mol. The Morgan fingerprint density at radius 2 is 1.90 bits per heavy atom. The highest BCUT2D eigenvalue weighted by molar-refractivity contribution is 9.09. The van der Waals surface area contributed by atoms with Crippen LogP contribution in [0.15, 0.2) is 24.3 Å². The zero-order chi connectivity index (χ0) is 14.7. The molecule has 0 amide bonds. The van der Waals surface area contributed by atoms with E-state index in [1.807, 2.05) is 0 Å². The maximum Gasteiger partial charge on any atom is 0.0242 e. The predicted octanol–water partition coefficient (Wildman–Crippen LogP) is 5.91. The molecule has 0 aliphatic heterocycles. The summed E-state index contributed by atoms with van der Waals surface area (Å²) < 4.78 is 0. The van der Waals surface area contributed by atoms with Crippen LogP contribution in [0, 0.1) is 29.6 Å². The average Bonchev–Trinajstić information content (AvgIpc) is 2.35. The monoisotopic (exact) mass is 346 g/mol. The minimum atomic E-state index is 0.586. The lowest BCUT2D eigenvalue weighted by Gasteiger charge is -2.63. The molecule has 4 saturated carbocycles. The first-order valence-electron chi connectivity index (χ1n) is 8.66. The summed E-state index contributed by atoms with van der Waals surface area (Å²) in [5, 5.41) is 0. The maximum atomic E-state index is 4.15. The molecule has 1 heteroatoms. The lowest BCUT2D eigenvalue weighted by atomic mass is 9.44. The number of hydrogen-bond donors (Lipinski definition) is 0. The van der Waals surface area contributed by atoms with Crippen LogP contribution < -0.4 is 0 Å². The second-order valence-corrected chi connectivity index (χ2v) is 9.90. The van der Waals surface area contributed by atoms with Crippen LogP contribution in [0.2, 0.25) is 0 Å². The van der Waals surface area contributed by atoms with Gasteiger partial charge in [0.2, 0.25) is 0 Å². The van der Waals surface area contributed by atoms with Crippen LogP contribution >= 0.6 is 15.9 Å². The minimum Gasteiger partial charge on any atom is -0.0881 e. The van der Waals surface area contributed by atoms with Crippen molar-refractivity contribution in [2.45, 2.75) is 63.6 Å². The van der Waals surface area contributed by atoms with Crippen molar-refractivity contribution in [2.75, 3.05) is 0 Å². The van der Waals surface area contributed by atoms with E-state index in [1.165, 1.54) is 56.1 Å². The average molecular weight is 347 g/mol. The molecule has 0 saturated heterocycles. The molecule has 3 unspecified atom stereocenters. The fourth-order valence-electron chi connectivity index (χ4n) is 6.43. The van der Waals surface area contributed by atoms with E-state index in [0.29, 0.717) is 15.7 Å². The molecule has 0 aromatic heterocycles. The van der Waals surface area contributed by atoms with Gasteiger partial charge < -0.3 is 0 Å². The number of benzene rings is 1. The Bertz CT molecular complexity index is 533. The molecule has 4 aliphatic rings. The third kappa shape index (κ3) is 2.50. The van der Waals surface area contributed by atoms with E-state index in [-0.39, 0.29) is 0 Å². The summed E-state index contributed by atoms with van der Waals surface area (Å²) in [5.74, 6) is 2.04. The molecule has 0 heterocycles. The lowest BCUT2D eigenvalue weighted by Crippen LogP contribution is -2.54. The van der Waals surface area contributed by atoms with Gasteiger partial charge in [-0.2, -0.15) is 0 Å². The molecule has 21 heavy (non-hydrogen) atoms. The number of hydrogen-bond acceptors (Lipinski definition) is 0. The van der Waals surface area contributed by atoms with Crippen LogP contribution in [0.3, 0.4) is 0 Å². The van der Waals surface area contributed by atoms with E-state index in [1.54, 1.807) is 0 Å². The van der Waals surface area contributed by atoms with Gasteiger partial charge in [-0.3, -0.25) is 0 Å². The topological polar surface area (TPSA) is 0 Å². The maximum absolute atomic E-state index is 4.15. The molecule has 1 aromatic rings. The van der Waals surface area contributed by atoms with E-state index < -0.39 is 0 Å².